The van der Waals surface area contributed by atoms with E-state index in [2.05, 4.69) is 15.2 Å². The first kappa shape index (κ1) is 8.86. The van der Waals surface area contributed by atoms with E-state index in [0.717, 1.165) is 6.54 Å². The van der Waals surface area contributed by atoms with E-state index >= 15 is 0 Å². The summed E-state index contributed by atoms with van der Waals surface area (Å²) in [6, 6.07) is 0.333. The molecule has 66 valence electrons. The second-order valence-corrected chi connectivity index (χ2v) is 2.58. The van der Waals surface area contributed by atoms with Gasteiger partial charge in [0.1, 0.15) is 6.61 Å². The molecule has 0 bridgehead atoms. The summed E-state index contributed by atoms with van der Waals surface area (Å²) in [7, 11) is 3.96. The molecule has 0 spiro atoms. The monoisotopic (exact) mass is 168 g/mol. The molecule has 5 heteroatoms. The molecule has 1 heterocycles. The fourth-order valence-electron chi connectivity index (χ4n) is 0.621. The SMILES string of the molecule is CN(C)CCOc1nccnn1. The van der Waals surface area contributed by atoms with Gasteiger partial charge in [-0.15, -0.1) is 0 Å². The largest absolute Gasteiger partial charge is 0.461 e. The van der Waals surface area contributed by atoms with Crippen LogP contribution in [0.15, 0.2) is 12.4 Å². The number of ether oxygens (including phenoxy) is 1. The van der Waals surface area contributed by atoms with E-state index in [0.29, 0.717) is 12.6 Å². The Hall–Kier alpha value is -1.23. The van der Waals surface area contributed by atoms with Crippen LogP contribution < -0.4 is 4.74 Å². The Balaban J connectivity index is 2.25. The number of hydrogen-bond donors (Lipinski definition) is 0. The molecule has 0 atom stereocenters. The van der Waals surface area contributed by atoms with Crippen LogP contribution in [0.3, 0.4) is 0 Å². The topological polar surface area (TPSA) is 51.1 Å². The third-order valence-corrected chi connectivity index (χ3v) is 1.23. The van der Waals surface area contributed by atoms with Crippen LogP contribution in [0, 0.1) is 0 Å². The summed E-state index contributed by atoms with van der Waals surface area (Å²) in [6.45, 7) is 1.43. The molecule has 0 aliphatic rings. The van der Waals surface area contributed by atoms with Crippen LogP contribution in [0.25, 0.3) is 0 Å². The molecule has 0 amide bonds. The van der Waals surface area contributed by atoms with Crippen molar-refractivity contribution >= 4 is 0 Å². The first-order chi connectivity index (χ1) is 5.79. The predicted octanol–water partition coefficient (Wildman–Crippen LogP) is -0.188. The quantitative estimate of drug-likeness (QED) is 0.623. The first-order valence-corrected chi connectivity index (χ1v) is 3.70. The normalized spacial score (nSPS) is 10.2. The lowest BCUT2D eigenvalue weighted by Crippen LogP contribution is -2.20. The average Bonchev–Trinajstić information content (AvgIpc) is 2.05. The fourth-order valence-corrected chi connectivity index (χ4v) is 0.621. The minimum Gasteiger partial charge on any atom is -0.461 e. The van der Waals surface area contributed by atoms with Crippen molar-refractivity contribution in [2.24, 2.45) is 0 Å². The van der Waals surface area contributed by atoms with E-state index < -0.39 is 0 Å². The molecular formula is C7H12N4O. The fraction of sp³-hybridized carbons (Fsp3) is 0.571. The van der Waals surface area contributed by atoms with Crippen LogP contribution in [0.4, 0.5) is 0 Å². The summed E-state index contributed by atoms with van der Waals surface area (Å²) in [5.74, 6) is 0. The van der Waals surface area contributed by atoms with Crippen LogP contribution in [0.1, 0.15) is 0 Å². The Morgan fingerprint density at radius 2 is 2.25 bits per heavy atom. The van der Waals surface area contributed by atoms with Gasteiger partial charge in [-0.25, -0.2) is 4.98 Å². The van der Waals surface area contributed by atoms with Crippen molar-refractivity contribution in [1.82, 2.24) is 20.1 Å². The highest BCUT2D eigenvalue weighted by Gasteiger charge is 1.95. The van der Waals surface area contributed by atoms with E-state index in [1.165, 1.54) is 6.20 Å². The van der Waals surface area contributed by atoms with Gasteiger partial charge in [0.25, 0.3) is 0 Å². The van der Waals surface area contributed by atoms with Crippen LogP contribution in [0.2, 0.25) is 0 Å². The lowest BCUT2D eigenvalue weighted by atomic mass is 10.6. The molecular weight excluding hydrogens is 156 g/mol. The summed E-state index contributed by atoms with van der Waals surface area (Å²) < 4.78 is 5.19. The Kier molecular flexibility index (Phi) is 3.40. The molecule has 0 saturated carbocycles. The van der Waals surface area contributed by atoms with Crippen LogP contribution in [-0.4, -0.2) is 47.3 Å². The summed E-state index contributed by atoms with van der Waals surface area (Å²) in [4.78, 5) is 5.89. The lowest BCUT2D eigenvalue weighted by molar-refractivity contribution is 0.243. The van der Waals surface area contributed by atoms with Crippen LogP contribution in [-0.2, 0) is 0 Å². The molecule has 0 fully saturated rings. The summed E-state index contributed by atoms with van der Waals surface area (Å²) in [6.07, 6.45) is 3.07. The molecule has 0 unspecified atom stereocenters. The van der Waals surface area contributed by atoms with E-state index in [1.807, 2.05) is 19.0 Å². The highest BCUT2D eigenvalue weighted by molar-refractivity contribution is 4.86. The smallest absolute Gasteiger partial charge is 0.335 e. The van der Waals surface area contributed by atoms with Gasteiger partial charge in [-0.05, 0) is 14.1 Å². The Labute approximate surface area is 71.4 Å². The molecule has 0 aliphatic heterocycles. The second-order valence-electron chi connectivity index (χ2n) is 2.58. The molecule has 12 heavy (non-hydrogen) atoms. The molecule has 0 aliphatic carbocycles. The zero-order valence-electron chi connectivity index (χ0n) is 7.27. The summed E-state index contributed by atoms with van der Waals surface area (Å²) in [5, 5.41) is 7.31. The van der Waals surface area contributed by atoms with Gasteiger partial charge in [0.15, 0.2) is 0 Å². The second kappa shape index (κ2) is 4.61. The molecule has 5 nitrogen and oxygen atoms in total. The standard InChI is InChI=1S/C7H12N4O/c1-11(2)5-6-12-7-8-3-4-9-10-7/h3-4H,5-6H2,1-2H3. The van der Waals surface area contributed by atoms with Gasteiger partial charge in [0.05, 0.1) is 12.4 Å². The zero-order valence-corrected chi connectivity index (χ0v) is 7.27. The summed E-state index contributed by atoms with van der Waals surface area (Å²) in [5.41, 5.74) is 0. The van der Waals surface area contributed by atoms with E-state index in [-0.39, 0.29) is 0 Å². The molecule has 1 rings (SSSR count). The van der Waals surface area contributed by atoms with Crippen molar-refractivity contribution in [3.05, 3.63) is 12.4 Å². The molecule has 0 N–H and O–H groups in total. The highest BCUT2D eigenvalue weighted by Crippen LogP contribution is 1.94. The van der Waals surface area contributed by atoms with Crippen molar-refractivity contribution in [2.45, 2.75) is 0 Å². The van der Waals surface area contributed by atoms with Crippen molar-refractivity contribution < 1.29 is 4.74 Å². The Morgan fingerprint density at radius 1 is 1.42 bits per heavy atom. The molecule has 1 aromatic heterocycles. The van der Waals surface area contributed by atoms with Crippen molar-refractivity contribution in [2.75, 3.05) is 27.2 Å². The van der Waals surface area contributed by atoms with Crippen molar-refractivity contribution in [1.29, 1.82) is 0 Å². The van der Waals surface area contributed by atoms with Crippen molar-refractivity contribution in [3.63, 3.8) is 0 Å². The van der Waals surface area contributed by atoms with Gasteiger partial charge >= 0.3 is 6.01 Å². The molecule has 0 saturated heterocycles. The van der Waals surface area contributed by atoms with Gasteiger partial charge in [-0.1, -0.05) is 5.10 Å². The molecule has 1 aromatic rings. The Bertz CT molecular complexity index is 214. The minimum absolute atomic E-state index is 0.333. The Morgan fingerprint density at radius 3 is 2.83 bits per heavy atom. The molecule has 0 aromatic carbocycles. The zero-order chi connectivity index (χ0) is 8.81. The van der Waals surface area contributed by atoms with Crippen LogP contribution in [0.5, 0.6) is 6.01 Å². The highest BCUT2D eigenvalue weighted by atomic mass is 16.5. The van der Waals surface area contributed by atoms with E-state index in [9.17, 15) is 0 Å². The third-order valence-electron chi connectivity index (χ3n) is 1.23. The molecule has 0 radical (unpaired) electrons. The number of hydrogen-bond acceptors (Lipinski definition) is 5. The van der Waals surface area contributed by atoms with Gasteiger partial charge < -0.3 is 9.64 Å². The van der Waals surface area contributed by atoms with Crippen molar-refractivity contribution in [3.8, 4) is 6.01 Å². The van der Waals surface area contributed by atoms with Gasteiger partial charge in [0.2, 0.25) is 0 Å². The van der Waals surface area contributed by atoms with E-state index in [1.54, 1.807) is 6.20 Å². The summed E-state index contributed by atoms with van der Waals surface area (Å²) >= 11 is 0. The van der Waals surface area contributed by atoms with Crippen LogP contribution >= 0.6 is 0 Å². The maximum Gasteiger partial charge on any atom is 0.335 e. The van der Waals surface area contributed by atoms with E-state index in [4.69, 9.17) is 4.74 Å². The number of rotatable bonds is 4. The van der Waals surface area contributed by atoms with Gasteiger partial charge in [0, 0.05) is 6.54 Å². The minimum atomic E-state index is 0.333. The van der Waals surface area contributed by atoms with Gasteiger partial charge in [-0.3, -0.25) is 0 Å². The lowest BCUT2D eigenvalue weighted by Gasteiger charge is -2.08. The number of aromatic nitrogens is 3. The number of likely N-dealkylation sites (N-methyl/N-ethyl adjacent to an activating group) is 1. The third kappa shape index (κ3) is 3.25. The van der Waals surface area contributed by atoms with Gasteiger partial charge in [-0.2, -0.15) is 5.10 Å². The first-order valence-electron chi connectivity index (χ1n) is 3.70. The predicted molar refractivity (Wildman–Crippen MR) is 43.9 cm³/mol. The average molecular weight is 168 g/mol. The maximum atomic E-state index is 5.19. The number of nitrogens with zero attached hydrogens (tertiary/aromatic N) is 4. The maximum absolute atomic E-state index is 5.19.